The van der Waals surface area contributed by atoms with Crippen LogP contribution in [0.2, 0.25) is 0 Å². The van der Waals surface area contributed by atoms with Gasteiger partial charge in [-0.15, -0.1) is 0 Å². The second-order valence-corrected chi connectivity index (χ2v) is 3.45. The molecule has 2 nitrogen and oxygen atoms in total. The van der Waals surface area contributed by atoms with Crippen molar-refractivity contribution in [1.82, 2.24) is 5.32 Å². The van der Waals surface area contributed by atoms with Crippen molar-refractivity contribution in [3.63, 3.8) is 0 Å². The maximum Gasteiger partial charge on any atom is 0.0655 e. The highest BCUT2D eigenvalue weighted by atomic mass is 31.0. The van der Waals surface area contributed by atoms with E-state index in [0.29, 0.717) is 6.04 Å². The first-order valence-electron chi connectivity index (χ1n) is 3.88. The van der Waals surface area contributed by atoms with E-state index >= 15 is 0 Å². The van der Waals surface area contributed by atoms with Crippen molar-refractivity contribution in [3.05, 3.63) is 0 Å². The highest BCUT2D eigenvalue weighted by molar-refractivity contribution is 7.09. The minimum atomic E-state index is 0.591. The molecule has 1 aliphatic rings. The summed E-state index contributed by atoms with van der Waals surface area (Å²) in [5, 5.41) is 3.43. The maximum atomic E-state index is 4.97. The van der Waals surface area contributed by atoms with Crippen LogP contribution in [-0.4, -0.2) is 19.2 Å². The molecule has 0 aromatic rings. The molecule has 0 saturated carbocycles. The molecule has 1 saturated heterocycles. The molecule has 0 bridgehead atoms. The molecule has 3 heteroatoms. The fourth-order valence-electron chi connectivity index (χ4n) is 1.32. The van der Waals surface area contributed by atoms with Gasteiger partial charge in [0.05, 0.1) is 6.61 Å². The highest BCUT2D eigenvalue weighted by Gasteiger charge is 2.16. The zero-order valence-electron chi connectivity index (χ0n) is 6.47. The SMILES string of the molecule is CC1CCC(COP)NC1. The van der Waals surface area contributed by atoms with Crippen LogP contribution in [0, 0.1) is 5.92 Å². The first-order chi connectivity index (χ1) is 4.83. The molecule has 3 atom stereocenters. The van der Waals surface area contributed by atoms with Gasteiger partial charge >= 0.3 is 0 Å². The van der Waals surface area contributed by atoms with Gasteiger partial charge in [0.1, 0.15) is 0 Å². The van der Waals surface area contributed by atoms with Crippen molar-refractivity contribution in [1.29, 1.82) is 0 Å². The van der Waals surface area contributed by atoms with Crippen LogP contribution in [0.4, 0.5) is 0 Å². The standard InChI is InChI=1S/C7H16NOP/c1-6-2-3-7(5-9-10)8-4-6/h6-8H,2-5,10H2,1H3. The third-order valence-corrected chi connectivity index (χ3v) is 2.25. The molecule has 0 spiro atoms. The molecule has 3 unspecified atom stereocenters. The first-order valence-corrected chi connectivity index (χ1v) is 4.35. The summed E-state index contributed by atoms with van der Waals surface area (Å²) in [6.45, 7) is 4.26. The lowest BCUT2D eigenvalue weighted by atomic mass is 9.97. The summed E-state index contributed by atoms with van der Waals surface area (Å²) in [5.74, 6) is 0.848. The zero-order valence-corrected chi connectivity index (χ0v) is 7.62. The van der Waals surface area contributed by atoms with E-state index < -0.39 is 0 Å². The van der Waals surface area contributed by atoms with Crippen molar-refractivity contribution < 1.29 is 4.52 Å². The van der Waals surface area contributed by atoms with Crippen LogP contribution in [0.3, 0.4) is 0 Å². The van der Waals surface area contributed by atoms with Crippen molar-refractivity contribution in [2.45, 2.75) is 25.8 Å². The normalized spacial score (nSPS) is 34.2. The van der Waals surface area contributed by atoms with E-state index in [1.54, 1.807) is 0 Å². The van der Waals surface area contributed by atoms with Gasteiger partial charge in [-0.1, -0.05) is 6.92 Å². The van der Waals surface area contributed by atoms with Gasteiger partial charge in [0.15, 0.2) is 0 Å². The van der Waals surface area contributed by atoms with Crippen LogP contribution in [-0.2, 0) is 4.52 Å². The van der Waals surface area contributed by atoms with Gasteiger partial charge in [-0.25, -0.2) is 0 Å². The van der Waals surface area contributed by atoms with Crippen LogP contribution in [0.25, 0.3) is 0 Å². The number of hydrogen-bond donors (Lipinski definition) is 1. The second-order valence-electron chi connectivity index (χ2n) is 3.12. The summed E-state index contributed by atoms with van der Waals surface area (Å²) in [6, 6.07) is 0.591. The number of rotatable bonds is 2. The Kier molecular flexibility index (Phi) is 3.61. The number of piperidine rings is 1. The van der Waals surface area contributed by atoms with Gasteiger partial charge < -0.3 is 9.84 Å². The van der Waals surface area contributed by atoms with E-state index in [1.165, 1.54) is 12.8 Å². The summed E-state index contributed by atoms with van der Waals surface area (Å²) in [5.41, 5.74) is 0. The molecule has 1 heterocycles. The Labute approximate surface area is 65.0 Å². The molecule has 0 aromatic heterocycles. The van der Waals surface area contributed by atoms with Crippen molar-refractivity contribution >= 4 is 9.47 Å². The summed E-state index contributed by atoms with van der Waals surface area (Å²) < 4.78 is 4.97. The molecular weight excluding hydrogens is 145 g/mol. The molecule has 0 radical (unpaired) electrons. The van der Waals surface area contributed by atoms with Gasteiger partial charge in [-0.3, -0.25) is 0 Å². The summed E-state index contributed by atoms with van der Waals surface area (Å²) in [6.07, 6.45) is 2.60. The quantitative estimate of drug-likeness (QED) is 0.614. The predicted octanol–water partition coefficient (Wildman–Crippen LogP) is 1.18. The van der Waals surface area contributed by atoms with Crippen LogP contribution in [0.15, 0.2) is 0 Å². The lowest BCUT2D eigenvalue weighted by molar-refractivity contribution is 0.241. The lowest BCUT2D eigenvalue weighted by Crippen LogP contribution is -2.40. The van der Waals surface area contributed by atoms with E-state index in [2.05, 4.69) is 21.7 Å². The lowest BCUT2D eigenvalue weighted by Gasteiger charge is -2.26. The van der Waals surface area contributed by atoms with Gasteiger partial charge in [-0.05, 0) is 25.3 Å². The Balaban J connectivity index is 2.13. The minimum Gasteiger partial charge on any atom is -0.364 e. The Morgan fingerprint density at radius 1 is 1.60 bits per heavy atom. The van der Waals surface area contributed by atoms with Gasteiger partial charge in [0.25, 0.3) is 0 Å². The molecule has 10 heavy (non-hydrogen) atoms. The monoisotopic (exact) mass is 161 g/mol. The predicted molar refractivity (Wildman–Crippen MR) is 45.9 cm³/mol. The zero-order chi connectivity index (χ0) is 7.40. The highest BCUT2D eigenvalue weighted by Crippen LogP contribution is 2.13. The van der Waals surface area contributed by atoms with Crippen LogP contribution < -0.4 is 5.32 Å². The average Bonchev–Trinajstić information content (AvgIpc) is 1.95. The van der Waals surface area contributed by atoms with Crippen molar-refractivity contribution in [2.24, 2.45) is 5.92 Å². The Hall–Kier alpha value is 0.350. The smallest absolute Gasteiger partial charge is 0.0655 e. The summed E-state index contributed by atoms with van der Waals surface area (Å²) in [7, 11) is 2.30. The molecule has 1 rings (SSSR count). The molecule has 1 N–H and O–H groups in total. The summed E-state index contributed by atoms with van der Waals surface area (Å²) in [4.78, 5) is 0. The topological polar surface area (TPSA) is 21.3 Å². The fourth-order valence-corrected chi connectivity index (χ4v) is 1.55. The van der Waals surface area contributed by atoms with E-state index in [0.717, 1.165) is 19.1 Å². The number of hydrogen-bond acceptors (Lipinski definition) is 2. The molecule has 0 amide bonds. The van der Waals surface area contributed by atoms with E-state index in [1.807, 2.05) is 0 Å². The van der Waals surface area contributed by atoms with Gasteiger partial charge in [0.2, 0.25) is 0 Å². The van der Waals surface area contributed by atoms with Crippen LogP contribution in [0.5, 0.6) is 0 Å². The Bertz CT molecular complexity index is 91.6. The first kappa shape index (κ1) is 8.45. The van der Waals surface area contributed by atoms with E-state index in [-0.39, 0.29) is 0 Å². The Morgan fingerprint density at radius 3 is 2.90 bits per heavy atom. The van der Waals surface area contributed by atoms with Crippen molar-refractivity contribution in [2.75, 3.05) is 13.2 Å². The maximum absolute atomic E-state index is 4.97. The fraction of sp³-hybridized carbons (Fsp3) is 1.00. The second kappa shape index (κ2) is 4.27. The van der Waals surface area contributed by atoms with Crippen molar-refractivity contribution in [3.8, 4) is 0 Å². The molecule has 60 valence electrons. The molecule has 0 aromatic carbocycles. The molecule has 1 aliphatic heterocycles. The molecular formula is C7H16NOP. The molecule has 1 fully saturated rings. The van der Waals surface area contributed by atoms with Crippen LogP contribution >= 0.6 is 9.47 Å². The van der Waals surface area contributed by atoms with E-state index in [4.69, 9.17) is 4.52 Å². The van der Waals surface area contributed by atoms with Gasteiger partial charge in [0, 0.05) is 15.5 Å². The Morgan fingerprint density at radius 2 is 2.40 bits per heavy atom. The minimum absolute atomic E-state index is 0.591. The third kappa shape index (κ3) is 2.53. The summed E-state index contributed by atoms with van der Waals surface area (Å²) >= 11 is 0. The number of nitrogens with one attached hydrogen (secondary N) is 1. The van der Waals surface area contributed by atoms with Crippen LogP contribution in [0.1, 0.15) is 19.8 Å². The average molecular weight is 161 g/mol. The van der Waals surface area contributed by atoms with Gasteiger partial charge in [-0.2, -0.15) is 0 Å². The largest absolute Gasteiger partial charge is 0.364 e. The third-order valence-electron chi connectivity index (χ3n) is 2.06. The molecule has 0 aliphatic carbocycles. The van der Waals surface area contributed by atoms with E-state index in [9.17, 15) is 0 Å².